The van der Waals surface area contributed by atoms with Crippen LogP contribution in [-0.2, 0) is 0 Å². The first kappa shape index (κ1) is 16.2. The fourth-order valence-electron chi connectivity index (χ4n) is 2.70. The van der Waals surface area contributed by atoms with Gasteiger partial charge in [-0.1, -0.05) is 0 Å². The molecule has 1 aromatic rings. The molecule has 0 radical (unpaired) electrons. The molecule has 1 atom stereocenters. The highest BCUT2D eigenvalue weighted by Gasteiger charge is 2.23. The number of aliphatic hydroxyl groups is 1. The molecule has 0 saturated carbocycles. The topological polar surface area (TPSA) is 51.6 Å². The number of nitrogens with zero attached hydrogens (tertiary/aromatic N) is 3. The third-order valence-electron chi connectivity index (χ3n) is 4.00. The van der Waals surface area contributed by atoms with E-state index in [2.05, 4.69) is 39.2 Å². The lowest BCUT2D eigenvalue weighted by molar-refractivity contribution is 0.0345. The second-order valence-corrected chi connectivity index (χ2v) is 6.53. The first-order valence-electron chi connectivity index (χ1n) is 7.72. The van der Waals surface area contributed by atoms with E-state index in [-0.39, 0.29) is 6.04 Å². The molecule has 0 amide bonds. The zero-order valence-electron chi connectivity index (χ0n) is 13.6. The summed E-state index contributed by atoms with van der Waals surface area (Å²) < 4.78 is 0. The Kier molecular flexibility index (Phi) is 5.19. The van der Waals surface area contributed by atoms with Crippen molar-refractivity contribution in [1.29, 1.82) is 0 Å². The second-order valence-electron chi connectivity index (χ2n) is 6.53. The summed E-state index contributed by atoms with van der Waals surface area (Å²) in [7, 11) is 1.95. The molecule has 5 nitrogen and oxygen atoms in total. The molecule has 118 valence electrons. The predicted molar refractivity (Wildman–Crippen MR) is 86.7 cm³/mol. The highest BCUT2D eigenvalue weighted by molar-refractivity contribution is 5.45. The van der Waals surface area contributed by atoms with E-state index in [1.807, 2.05) is 27.1 Å². The SMILES string of the molecule is CNC(C)c1ccc(N2CCN(CC(C)(C)O)CC2)cn1. The summed E-state index contributed by atoms with van der Waals surface area (Å²) in [5.41, 5.74) is 1.64. The average Bonchev–Trinajstić information content (AvgIpc) is 2.46. The summed E-state index contributed by atoms with van der Waals surface area (Å²) in [4.78, 5) is 9.23. The van der Waals surface area contributed by atoms with E-state index < -0.39 is 5.60 Å². The lowest BCUT2D eigenvalue weighted by Crippen LogP contribution is -2.50. The first-order chi connectivity index (χ1) is 9.89. The van der Waals surface area contributed by atoms with Crippen molar-refractivity contribution in [2.45, 2.75) is 32.4 Å². The molecule has 0 aliphatic carbocycles. The number of rotatable bonds is 5. The van der Waals surface area contributed by atoms with Crippen LogP contribution in [0.1, 0.15) is 32.5 Å². The van der Waals surface area contributed by atoms with Crippen LogP contribution < -0.4 is 10.2 Å². The molecule has 1 saturated heterocycles. The fourth-order valence-corrected chi connectivity index (χ4v) is 2.70. The van der Waals surface area contributed by atoms with E-state index in [0.717, 1.165) is 38.4 Å². The maximum absolute atomic E-state index is 9.89. The monoisotopic (exact) mass is 292 g/mol. The molecule has 0 spiro atoms. The molecule has 0 bridgehead atoms. The highest BCUT2D eigenvalue weighted by Crippen LogP contribution is 2.18. The van der Waals surface area contributed by atoms with Gasteiger partial charge >= 0.3 is 0 Å². The van der Waals surface area contributed by atoms with Gasteiger partial charge in [0.1, 0.15) is 0 Å². The number of nitrogens with one attached hydrogen (secondary N) is 1. The Morgan fingerprint density at radius 2 is 1.95 bits per heavy atom. The minimum Gasteiger partial charge on any atom is -0.389 e. The van der Waals surface area contributed by atoms with Gasteiger partial charge < -0.3 is 15.3 Å². The summed E-state index contributed by atoms with van der Waals surface area (Å²) in [5.74, 6) is 0. The molecule has 2 heterocycles. The Morgan fingerprint density at radius 1 is 1.29 bits per heavy atom. The van der Waals surface area contributed by atoms with Gasteiger partial charge in [0.25, 0.3) is 0 Å². The fraction of sp³-hybridized carbons (Fsp3) is 0.688. The number of hydrogen-bond donors (Lipinski definition) is 2. The minimum absolute atomic E-state index is 0.280. The summed E-state index contributed by atoms with van der Waals surface area (Å²) in [5, 5.41) is 13.1. The molecule has 21 heavy (non-hydrogen) atoms. The Morgan fingerprint density at radius 3 is 2.43 bits per heavy atom. The van der Waals surface area contributed by atoms with Gasteiger partial charge in [0.15, 0.2) is 0 Å². The van der Waals surface area contributed by atoms with Gasteiger partial charge in [-0.3, -0.25) is 9.88 Å². The minimum atomic E-state index is -0.616. The lowest BCUT2D eigenvalue weighted by Gasteiger charge is -2.38. The van der Waals surface area contributed by atoms with E-state index in [4.69, 9.17) is 0 Å². The third kappa shape index (κ3) is 4.66. The number of pyridine rings is 1. The largest absolute Gasteiger partial charge is 0.389 e. The van der Waals surface area contributed by atoms with Crippen molar-refractivity contribution in [3.63, 3.8) is 0 Å². The van der Waals surface area contributed by atoms with Crippen molar-refractivity contribution in [2.75, 3.05) is 44.7 Å². The van der Waals surface area contributed by atoms with Crippen molar-refractivity contribution in [3.05, 3.63) is 24.0 Å². The summed E-state index contributed by atoms with van der Waals surface area (Å²) in [6.45, 7) is 10.5. The van der Waals surface area contributed by atoms with E-state index in [9.17, 15) is 5.11 Å². The Balaban J connectivity index is 1.90. The molecule has 1 aromatic heterocycles. The Labute approximate surface area is 128 Å². The summed E-state index contributed by atoms with van der Waals surface area (Å²) >= 11 is 0. The number of piperazine rings is 1. The molecule has 1 unspecified atom stereocenters. The molecular formula is C16H28N4O. The van der Waals surface area contributed by atoms with Gasteiger partial charge in [0, 0.05) is 38.8 Å². The molecule has 0 aromatic carbocycles. The van der Waals surface area contributed by atoms with Crippen LogP contribution in [0, 0.1) is 0 Å². The first-order valence-corrected chi connectivity index (χ1v) is 7.72. The molecule has 2 N–H and O–H groups in total. The van der Waals surface area contributed by atoms with Crippen molar-refractivity contribution < 1.29 is 5.11 Å². The molecule has 1 aliphatic heterocycles. The normalized spacial score (nSPS) is 18.8. The predicted octanol–water partition coefficient (Wildman–Crippen LogP) is 1.25. The van der Waals surface area contributed by atoms with Crippen molar-refractivity contribution in [1.82, 2.24) is 15.2 Å². The maximum Gasteiger partial charge on any atom is 0.0718 e. The molecule has 1 aliphatic rings. The zero-order valence-corrected chi connectivity index (χ0v) is 13.6. The smallest absolute Gasteiger partial charge is 0.0718 e. The lowest BCUT2D eigenvalue weighted by atomic mass is 10.1. The van der Waals surface area contributed by atoms with Crippen molar-refractivity contribution in [3.8, 4) is 0 Å². The molecule has 1 fully saturated rings. The van der Waals surface area contributed by atoms with E-state index in [1.54, 1.807) is 0 Å². The number of β-amino-alcohol motifs (C(OH)–C–C–N with tert-alkyl or cyclic N) is 1. The quantitative estimate of drug-likeness (QED) is 0.855. The van der Waals surface area contributed by atoms with E-state index in [0.29, 0.717) is 0 Å². The van der Waals surface area contributed by atoms with Crippen LogP contribution in [0.25, 0.3) is 0 Å². The van der Waals surface area contributed by atoms with Crippen LogP contribution in [-0.4, -0.2) is 60.4 Å². The van der Waals surface area contributed by atoms with E-state index >= 15 is 0 Å². The average molecular weight is 292 g/mol. The van der Waals surface area contributed by atoms with Crippen LogP contribution in [0.4, 0.5) is 5.69 Å². The van der Waals surface area contributed by atoms with E-state index in [1.165, 1.54) is 5.69 Å². The zero-order chi connectivity index (χ0) is 15.5. The van der Waals surface area contributed by atoms with Crippen molar-refractivity contribution in [2.24, 2.45) is 0 Å². The van der Waals surface area contributed by atoms with Crippen LogP contribution in [0.3, 0.4) is 0 Å². The highest BCUT2D eigenvalue weighted by atomic mass is 16.3. The number of aromatic nitrogens is 1. The second kappa shape index (κ2) is 6.73. The standard InChI is InChI=1S/C16H28N4O/c1-13(17-4)15-6-5-14(11-18-15)20-9-7-19(8-10-20)12-16(2,3)21/h5-6,11,13,17,21H,7-10,12H2,1-4H3. The van der Waals surface area contributed by atoms with Crippen molar-refractivity contribution >= 4 is 5.69 Å². The van der Waals surface area contributed by atoms with Gasteiger partial charge in [-0.2, -0.15) is 0 Å². The Bertz CT molecular complexity index is 433. The molecular weight excluding hydrogens is 264 g/mol. The van der Waals surface area contributed by atoms with Gasteiger partial charge in [-0.15, -0.1) is 0 Å². The van der Waals surface area contributed by atoms with Crippen LogP contribution in [0.5, 0.6) is 0 Å². The summed E-state index contributed by atoms with van der Waals surface area (Å²) in [6.07, 6.45) is 1.97. The number of hydrogen-bond acceptors (Lipinski definition) is 5. The van der Waals surface area contributed by atoms with Gasteiger partial charge in [-0.25, -0.2) is 0 Å². The van der Waals surface area contributed by atoms with Gasteiger partial charge in [-0.05, 0) is 40.0 Å². The van der Waals surface area contributed by atoms with Crippen LogP contribution >= 0.6 is 0 Å². The maximum atomic E-state index is 9.89. The summed E-state index contributed by atoms with van der Waals surface area (Å²) in [6, 6.07) is 4.53. The van der Waals surface area contributed by atoms with Gasteiger partial charge in [0.05, 0.1) is 23.2 Å². The van der Waals surface area contributed by atoms with Crippen LogP contribution in [0.2, 0.25) is 0 Å². The number of anilines is 1. The molecule has 2 rings (SSSR count). The van der Waals surface area contributed by atoms with Crippen LogP contribution in [0.15, 0.2) is 18.3 Å². The Hall–Kier alpha value is -1.17. The molecule has 5 heteroatoms. The van der Waals surface area contributed by atoms with Gasteiger partial charge in [0.2, 0.25) is 0 Å². The third-order valence-corrected chi connectivity index (χ3v) is 4.00.